The van der Waals surface area contributed by atoms with Crippen LogP contribution in [0.1, 0.15) is 10.4 Å². The van der Waals surface area contributed by atoms with Crippen molar-refractivity contribution in [1.82, 2.24) is 0 Å². The Morgan fingerprint density at radius 3 is 1.79 bits per heavy atom. The van der Waals surface area contributed by atoms with Crippen molar-refractivity contribution in [2.45, 2.75) is 9.79 Å². The van der Waals surface area contributed by atoms with Crippen LogP contribution < -0.4 is 15.2 Å². The van der Waals surface area contributed by atoms with Gasteiger partial charge in [0.15, 0.2) is 0 Å². The molecule has 0 bridgehead atoms. The molecule has 0 aliphatic heterocycles. The zero-order valence-corrected chi connectivity index (χ0v) is 16.6. The third kappa shape index (κ3) is 5.19. The van der Waals surface area contributed by atoms with Crippen LogP contribution in [0.2, 0.25) is 0 Å². The molecule has 0 spiro atoms. The average Bonchev–Trinajstić information content (AvgIpc) is 2.68. The lowest BCUT2D eigenvalue weighted by molar-refractivity contribution is 0.102. The Morgan fingerprint density at radius 2 is 1.24 bits per heavy atom. The second-order valence-electron chi connectivity index (χ2n) is 6.02. The quantitative estimate of drug-likeness (QED) is 0.551. The van der Waals surface area contributed by atoms with Crippen molar-refractivity contribution < 1.29 is 21.6 Å². The number of nitrogens with two attached hydrogens (primary N) is 1. The molecule has 3 aromatic rings. The molecule has 0 atom stereocenters. The van der Waals surface area contributed by atoms with Gasteiger partial charge in [-0.2, -0.15) is 0 Å². The largest absolute Gasteiger partial charge is 0.322 e. The molecule has 29 heavy (non-hydrogen) atoms. The first-order valence-corrected chi connectivity index (χ1v) is 11.3. The van der Waals surface area contributed by atoms with Gasteiger partial charge >= 0.3 is 0 Å². The summed E-state index contributed by atoms with van der Waals surface area (Å²) >= 11 is 0. The molecule has 10 heteroatoms. The van der Waals surface area contributed by atoms with Crippen LogP contribution in [0.5, 0.6) is 0 Å². The summed E-state index contributed by atoms with van der Waals surface area (Å²) in [6, 6.07) is 19.2. The molecule has 0 fully saturated rings. The smallest absolute Gasteiger partial charge is 0.261 e. The highest BCUT2D eigenvalue weighted by molar-refractivity contribution is 7.92. The Morgan fingerprint density at radius 1 is 0.690 bits per heavy atom. The lowest BCUT2D eigenvalue weighted by atomic mass is 10.2. The molecular formula is C19H17N3O5S2. The van der Waals surface area contributed by atoms with Crippen molar-refractivity contribution in [3.63, 3.8) is 0 Å². The maximum absolute atomic E-state index is 12.3. The van der Waals surface area contributed by atoms with E-state index in [1.165, 1.54) is 60.7 Å². The highest BCUT2D eigenvalue weighted by Crippen LogP contribution is 2.18. The minimum absolute atomic E-state index is 0.0643. The summed E-state index contributed by atoms with van der Waals surface area (Å²) in [5, 5.41) is 7.65. The first-order valence-electron chi connectivity index (χ1n) is 8.27. The van der Waals surface area contributed by atoms with Gasteiger partial charge in [-0.3, -0.25) is 9.52 Å². The molecule has 0 saturated carbocycles. The molecule has 3 aromatic carbocycles. The fraction of sp³-hybridized carbons (Fsp3) is 0. The van der Waals surface area contributed by atoms with E-state index >= 15 is 0 Å². The van der Waals surface area contributed by atoms with Gasteiger partial charge in [0.2, 0.25) is 10.0 Å². The lowest BCUT2D eigenvalue weighted by Gasteiger charge is -2.09. The summed E-state index contributed by atoms with van der Waals surface area (Å²) < 4.78 is 49.6. The molecule has 8 nitrogen and oxygen atoms in total. The van der Waals surface area contributed by atoms with E-state index in [1.54, 1.807) is 18.2 Å². The van der Waals surface area contributed by atoms with Crippen molar-refractivity contribution in [3.05, 3.63) is 84.4 Å². The van der Waals surface area contributed by atoms with Crippen molar-refractivity contribution >= 4 is 37.3 Å². The molecule has 0 aromatic heterocycles. The van der Waals surface area contributed by atoms with Crippen LogP contribution in [0, 0.1) is 0 Å². The topological polar surface area (TPSA) is 135 Å². The Balaban J connectivity index is 1.69. The Labute approximate surface area is 168 Å². The van der Waals surface area contributed by atoms with Crippen LogP contribution in [-0.2, 0) is 20.0 Å². The van der Waals surface area contributed by atoms with Crippen LogP contribution in [0.3, 0.4) is 0 Å². The summed E-state index contributed by atoms with van der Waals surface area (Å²) in [7, 11) is -7.53. The minimum Gasteiger partial charge on any atom is -0.322 e. The van der Waals surface area contributed by atoms with E-state index in [4.69, 9.17) is 5.14 Å². The number of rotatable bonds is 6. The molecule has 150 valence electrons. The van der Waals surface area contributed by atoms with Crippen LogP contribution in [0.25, 0.3) is 0 Å². The first kappa shape index (κ1) is 20.5. The second kappa shape index (κ2) is 8.03. The van der Waals surface area contributed by atoms with E-state index in [0.717, 1.165) is 0 Å². The van der Waals surface area contributed by atoms with Crippen LogP contribution in [0.4, 0.5) is 11.4 Å². The van der Waals surface area contributed by atoms with Crippen molar-refractivity contribution in [2.75, 3.05) is 10.0 Å². The lowest BCUT2D eigenvalue weighted by Crippen LogP contribution is -2.14. The first-order chi connectivity index (χ1) is 13.6. The highest BCUT2D eigenvalue weighted by atomic mass is 32.2. The number of anilines is 2. The molecule has 0 saturated heterocycles. The molecule has 0 radical (unpaired) electrons. The monoisotopic (exact) mass is 431 g/mol. The Hall–Kier alpha value is -3.21. The average molecular weight is 431 g/mol. The third-order valence-electron chi connectivity index (χ3n) is 3.89. The third-order valence-corrected chi connectivity index (χ3v) is 6.22. The zero-order valence-electron chi connectivity index (χ0n) is 14.9. The van der Waals surface area contributed by atoms with Crippen molar-refractivity contribution in [3.8, 4) is 0 Å². The summed E-state index contributed by atoms with van der Waals surface area (Å²) in [6.07, 6.45) is 0. The van der Waals surface area contributed by atoms with E-state index in [2.05, 4.69) is 10.0 Å². The van der Waals surface area contributed by atoms with Crippen LogP contribution in [0.15, 0.2) is 88.7 Å². The maximum atomic E-state index is 12.3. The molecule has 4 N–H and O–H groups in total. The van der Waals surface area contributed by atoms with Gasteiger partial charge in [-0.15, -0.1) is 0 Å². The van der Waals surface area contributed by atoms with Gasteiger partial charge in [-0.1, -0.05) is 18.2 Å². The fourth-order valence-electron chi connectivity index (χ4n) is 2.43. The summed E-state index contributed by atoms with van der Waals surface area (Å²) in [6.45, 7) is 0. The molecule has 0 heterocycles. The van der Waals surface area contributed by atoms with E-state index in [9.17, 15) is 21.6 Å². The minimum atomic E-state index is -3.81. The predicted octanol–water partition coefficient (Wildman–Crippen LogP) is 2.39. The van der Waals surface area contributed by atoms with Gasteiger partial charge in [0, 0.05) is 16.9 Å². The van der Waals surface area contributed by atoms with E-state index < -0.39 is 26.0 Å². The zero-order chi connectivity index (χ0) is 21.1. The van der Waals surface area contributed by atoms with Gasteiger partial charge in [0.05, 0.1) is 9.79 Å². The molecule has 3 rings (SSSR count). The number of carbonyl (C=O) groups is 1. The normalized spacial score (nSPS) is 11.6. The van der Waals surface area contributed by atoms with Crippen LogP contribution in [-0.4, -0.2) is 22.7 Å². The SMILES string of the molecule is NS(=O)(=O)c1ccc(NC(=O)c2ccc(NS(=O)(=O)c3ccccc3)cc2)cc1. The summed E-state index contributed by atoms with van der Waals surface area (Å²) in [5.41, 5.74) is 0.988. The van der Waals surface area contributed by atoms with E-state index in [1.807, 2.05) is 0 Å². The van der Waals surface area contributed by atoms with Crippen LogP contribution >= 0.6 is 0 Å². The van der Waals surface area contributed by atoms with Gasteiger partial charge < -0.3 is 5.32 Å². The Kier molecular flexibility index (Phi) is 5.69. The van der Waals surface area contributed by atoms with Gasteiger partial charge in [-0.25, -0.2) is 22.0 Å². The van der Waals surface area contributed by atoms with Crippen molar-refractivity contribution in [1.29, 1.82) is 0 Å². The molecule has 0 aliphatic carbocycles. The number of carbonyl (C=O) groups excluding carboxylic acids is 1. The highest BCUT2D eigenvalue weighted by Gasteiger charge is 2.14. The number of hydrogen-bond donors (Lipinski definition) is 3. The standard InChI is InChI=1S/C19H17N3O5S2/c20-28(24,25)17-12-10-15(11-13-17)21-19(23)14-6-8-16(9-7-14)22-29(26,27)18-4-2-1-3-5-18/h1-13,22H,(H,21,23)(H2,20,24,25). The summed E-state index contributed by atoms with van der Waals surface area (Å²) in [4.78, 5) is 12.4. The summed E-state index contributed by atoms with van der Waals surface area (Å²) in [5.74, 6) is -0.439. The molecule has 1 amide bonds. The van der Waals surface area contributed by atoms with E-state index in [0.29, 0.717) is 16.9 Å². The number of hydrogen-bond acceptors (Lipinski definition) is 5. The second-order valence-corrected chi connectivity index (χ2v) is 9.26. The van der Waals surface area contributed by atoms with E-state index in [-0.39, 0.29) is 9.79 Å². The van der Waals surface area contributed by atoms with Gasteiger partial charge in [0.25, 0.3) is 15.9 Å². The number of nitrogens with one attached hydrogen (secondary N) is 2. The number of primary sulfonamides is 1. The Bertz CT molecular complexity index is 1220. The maximum Gasteiger partial charge on any atom is 0.261 e. The molecular weight excluding hydrogens is 414 g/mol. The van der Waals surface area contributed by atoms with Gasteiger partial charge in [-0.05, 0) is 60.7 Å². The number of amides is 1. The fourth-order valence-corrected chi connectivity index (χ4v) is 4.03. The molecule has 0 unspecified atom stereocenters. The number of benzene rings is 3. The number of sulfonamides is 2. The molecule has 0 aliphatic rings. The predicted molar refractivity (Wildman–Crippen MR) is 109 cm³/mol. The van der Waals surface area contributed by atoms with Gasteiger partial charge in [0.1, 0.15) is 0 Å². The van der Waals surface area contributed by atoms with Crippen molar-refractivity contribution in [2.24, 2.45) is 5.14 Å².